The number of alkyl halides is 1. The fourth-order valence-electron chi connectivity index (χ4n) is 3.63. The second-order valence-electron chi connectivity index (χ2n) is 8.11. The van der Waals surface area contributed by atoms with Crippen LogP contribution in [0.1, 0.15) is 57.7 Å². The molecule has 7 heteroatoms. The van der Waals surface area contributed by atoms with Crippen LogP contribution in [0.2, 0.25) is 0 Å². The molecule has 2 N–H and O–H groups in total. The number of pyridine rings is 1. The van der Waals surface area contributed by atoms with Crippen LogP contribution < -0.4 is 15.4 Å². The lowest BCUT2D eigenvalue weighted by Crippen LogP contribution is -2.20. The van der Waals surface area contributed by atoms with Gasteiger partial charge in [0.25, 0.3) is 0 Å². The van der Waals surface area contributed by atoms with Gasteiger partial charge in [-0.05, 0) is 45.4 Å². The third-order valence-corrected chi connectivity index (χ3v) is 5.41. The van der Waals surface area contributed by atoms with Gasteiger partial charge in [-0.15, -0.1) is 0 Å². The molecule has 0 saturated carbocycles. The minimum Gasteiger partial charge on any atom is -0.495 e. The number of aromatic nitrogens is 1. The molecule has 1 aromatic carbocycles. The fraction of sp³-hybridized carbons (Fsp3) is 0.435. The number of nitrogens with zero attached hydrogens (tertiary/aromatic N) is 1. The van der Waals surface area contributed by atoms with Crippen molar-refractivity contribution in [3.63, 3.8) is 0 Å². The summed E-state index contributed by atoms with van der Waals surface area (Å²) >= 11 is 0. The fourth-order valence-corrected chi connectivity index (χ4v) is 3.63. The van der Waals surface area contributed by atoms with Crippen LogP contribution in [-0.2, 0) is 5.67 Å². The first-order valence-corrected chi connectivity index (χ1v) is 10.1. The standard InChI is InChI=1S/C23H28F3N3O/c1-6-14-7-15(11-27-14)29-13(2)16-8-20(25)17(9-19(16)24)21-10-18(23(3,4)26)22(30-5)12-28-21/h8-14,27,29H,6-7H2,1-5H3. The van der Waals surface area contributed by atoms with Gasteiger partial charge in [0, 0.05) is 41.1 Å². The summed E-state index contributed by atoms with van der Waals surface area (Å²) in [5.74, 6) is -0.917. The van der Waals surface area contributed by atoms with Crippen molar-refractivity contribution in [2.45, 2.75) is 58.3 Å². The lowest BCUT2D eigenvalue weighted by molar-refractivity contribution is 0.213. The van der Waals surface area contributed by atoms with E-state index in [0.29, 0.717) is 6.04 Å². The molecular formula is C23H28F3N3O. The zero-order valence-corrected chi connectivity index (χ0v) is 17.9. The Hall–Kier alpha value is -2.70. The Morgan fingerprint density at radius 2 is 2.00 bits per heavy atom. The van der Waals surface area contributed by atoms with Crippen LogP contribution in [0.5, 0.6) is 5.75 Å². The number of hydrogen-bond acceptors (Lipinski definition) is 4. The summed E-state index contributed by atoms with van der Waals surface area (Å²) in [4.78, 5) is 4.14. The van der Waals surface area contributed by atoms with E-state index in [1.54, 1.807) is 6.92 Å². The summed E-state index contributed by atoms with van der Waals surface area (Å²) in [5, 5.41) is 6.50. The van der Waals surface area contributed by atoms with Crippen molar-refractivity contribution in [1.29, 1.82) is 0 Å². The van der Waals surface area contributed by atoms with Crippen LogP contribution in [0.15, 0.2) is 36.3 Å². The Labute approximate surface area is 175 Å². The second-order valence-corrected chi connectivity index (χ2v) is 8.11. The first-order chi connectivity index (χ1) is 14.1. The van der Waals surface area contributed by atoms with E-state index in [-0.39, 0.29) is 28.1 Å². The highest BCUT2D eigenvalue weighted by atomic mass is 19.1. The van der Waals surface area contributed by atoms with E-state index in [1.807, 2.05) is 6.20 Å². The maximum absolute atomic E-state index is 14.9. The molecule has 0 spiro atoms. The van der Waals surface area contributed by atoms with Gasteiger partial charge in [0.2, 0.25) is 0 Å². The molecule has 3 rings (SSSR count). The summed E-state index contributed by atoms with van der Waals surface area (Å²) in [7, 11) is 1.41. The minimum absolute atomic E-state index is 0.0237. The molecular weight excluding hydrogens is 391 g/mol. The van der Waals surface area contributed by atoms with E-state index >= 15 is 0 Å². The third-order valence-electron chi connectivity index (χ3n) is 5.41. The highest BCUT2D eigenvalue weighted by Gasteiger charge is 2.26. The van der Waals surface area contributed by atoms with Crippen molar-refractivity contribution in [2.75, 3.05) is 7.11 Å². The lowest BCUT2D eigenvalue weighted by Gasteiger charge is -2.20. The maximum atomic E-state index is 14.9. The van der Waals surface area contributed by atoms with Gasteiger partial charge in [-0.2, -0.15) is 0 Å². The summed E-state index contributed by atoms with van der Waals surface area (Å²) in [6.45, 7) is 6.62. The topological polar surface area (TPSA) is 46.2 Å². The van der Waals surface area contributed by atoms with Gasteiger partial charge in [0.1, 0.15) is 23.1 Å². The molecule has 2 unspecified atom stereocenters. The average Bonchev–Trinajstić information content (AvgIpc) is 3.15. The summed E-state index contributed by atoms with van der Waals surface area (Å²) in [5.41, 5.74) is -0.199. The molecule has 162 valence electrons. The van der Waals surface area contributed by atoms with Crippen LogP contribution in [0.25, 0.3) is 11.3 Å². The molecule has 0 bridgehead atoms. The molecule has 1 aliphatic heterocycles. The van der Waals surface area contributed by atoms with E-state index in [9.17, 15) is 13.2 Å². The molecule has 0 saturated heterocycles. The molecule has 2 heterocycles. The van der Waals surface area contributed by atoms with Gasteiger partial charge >= 0.3 is 0 Å². The predicted molar refractivity (Wildman–Crippen MR) is 112 cm³/mol. The molecule has 0 amide bonds. The number of halogens is 3. The monoisotopic (exact) mass is 419 g/mol. The van der Waals surface area contributed by atoms with Crippen LogP contribution in [-0.4, -0.2) is 18.1 Å². The number of hydrogen-bond donors (Lipinski definition) is 2. The normalized spacial score (nSPS) is 17.3. The number of nitrogens with one attached hydrogen (secondary N) is 2. The number of rotatable bonds is 7. The molecule has 0 radical (unpaired) electrons. The Bertz CT molecular complexity index is 953. The Balaban J connectivity index is 1.90. The van der Waals surface area contributed by atoms with Crippen molar-refractivity contribution in [3.05, 3.63) is 59.1 Å². The molecule has 2 atom stereocenters. The molecule has 2 aromatic rings. The van der Waals surface area contributed by atoms with Gasteiger partial charge in [0.05, 0.1) is 25.0 Å². The van der Waals surface area contributed by atoms with E-state index in [2.05, 4.69) is 22.5 Å². The first-order valence-electron chi connectivity index (χ1n) is 10.1. The van der Waals surface area contributed by atoms with Gasteiger partial charge < -0.3 is 15.4 Å². The number of methoxy groups -OCH3 is 1. The van der Waals surface area contributed by atoms with Crippen LogP contribution in [0, 0.1) is 11.6 Å². The molecule has 0 aliphatic carbocycles. The van der Waals surface area contributed by atoms with Crippen LogP contribution in [0.3, 0.4) is 0 Å². The quantitative estimate of drug-likeness (QED) is 0.622. The van der Waals surface area contributed by atoms with E-state index < -0.39 is 23.3 Å². The van der Waals surface area contributed by atoms with Crippen molar-refractivity contribution in [3.8, 4) is 17.0 Å². The molecule has 1 aromatic heterocycles. The molecule has 0 fully saturated rings. The smallest absolute Gasteiger partial charge is 0.143 e. The number of benzene rings is 1. The first kappa shape index (κ1) is 22.0. The largest absolute Gasteiger partial charge is 0.495 e. The SMILES string of the molecule is CCC1CC(NC(C)c2cc(F)c(-c3cc(C(C)(C)F)c(OC)cn3)cc2F)=CN1. The van der Waals surface area contributed by atoms with Crippen LogP contribution >= 0.6 is 0 Å². The zero-order chi connectivity index (χ0) is 22.1. The molecule has 1 aliphatic rings. The van der Waals surface area contributed by atoms with Crippen molar-refractivity contribution in [1.82, 2.24) is 15.6 Å². The Morgan fingerprint density at radius 3 is 2.60 bits per heavy atom. The van der Waals surface area contributed by atoms with Gasteiger partial charge in [0.15, 0.2) is 0 Å². The maximum Gasteiger partial charge on any atom is 0.143 e. The van der Waals surface area contributed by atoms with Gasteiger partial charge in [-0.3, -0.25) is 4.98 Å². The van der Waals surface area contributed by atoms with Crippen molar-refractivity contribution in [2.24, 2.45) is 0 Å². The lowest BCUT2D eigenvalue weighted by atomic mass is 9.96. The van der Waals surface area contributed by atoms with E-state index in [0.717, 1.165) is 24.6 Å². The minimum atomic E-state index is -1.73. The van der Waals surface area contributed by atoms with Crippen LogP contribution in [0.4, 0.5) is 13.2 Å². The van der Waals surface area contributed by atoms with Gasteiger partial charge in [-0.25, -0.2) is 13.2 Å². The summed E-state index contributed by atoms with van der Waals surface area (Å²) < 4.78 is 49.5. The van der Waals surface area contributed by atoms with Crippen molar-refractivity contribution >= 4 is 0 Å². The predicted octanol–water partition coefficient (Wildman–Crippen LogP) is 5.50. The van der Waals surface area contributed by atoms with E-state index in [1.165, 1.54) is 39.3 Å². The van der Waals surface area contributed by atoms with Gasteiger partial charge in [-0.1, -0.05) is 6.92 Å². The zero-order valence-electron chi connectivity index (χ0n) is 17.9. The summed E-state index contributed by atoms with van der Waals surface area (Å²) in [6, 6.07) is 3.63. The summed E-state index contributed by atoms with van der Waals surface area (Å²) in [6.07, 6.45) is 5.01. The highest BCUT2D eigenvalue weighted by molar-refractivity contribution is 5.63. The molecule has 4 nitrogen and oxygen atoms in total. The second kappa shape index (κ2) is 8.58. The highest BCUT2D eigenvalue weighted by Crippen LogP contribution is 2.36. The molecule has 30 heavy (non-hydrogen) atoms. The average molecular weight is 419 g/mol. The Morgan fingerprint density at radius 1 is 1.27 bits per heavy atom. The Kier molecular flexibility index (Phi) is 6.29. The van der Waals surface area contributed by atoms with Crippen molar-refractivity contribution < 1.29 is 17.9 Å². The van der Waals surface area contributed by atoms with E-state index in [4.69, 9.17) is 4.74 Å². The number of ether oxygens (including phenoxy) is 1. The third kappa shape index (κ3) is 4.55.